The highest BCUT2D eigenvalue weighted by atomic mass is 32.2. The summed E-state index contributed by atoms with van der Waals surface area (Å²) in [5, 5.41) is 5.03. The van der Waals surface area contributed by atoms with E-state index in [4.69, 9.17) is 9.56 Å². The first-order valence-electron chi connectivity index (χ1n) is 6.01. The fourth-order valence-corrected chi connectivity index (χ4v) is 2.31. The van der Waals surface area contributed by atoms with Gasteiger partial charge in [-0.2, -0.15) is 0 Å². The predicted molar refractivity (Wildman–Crippen MR) is 71.2 cm³/mol. The molecule has 1 amide bonds. The van der Waals surface area contributed by atoms with Crippen molar-refractivity contribution in [2.45, 2.75) is 32.1 Å². The monoisotopic (exact) mass is 288 g/mol. The van der Waals surface area contributed by atoms with Crippen molar-refractivity contribution >= 4 is 15.9 Å². The fourth-order valence-electron chi connectivity index (χ4n) is 1.59. The van der Waals surface area contributed by atoms with Gasteiger partial charge in [0.05, 0.1) is 0 Å². The molecule has 1 rings (SSSR count). The van der Waals surface area contributed by atoms with E-state index in [1.54, 1.807) is 7.05 Å². The maximum atomic E-state index is 12.0. The van der Waals surface area contributed by atoms with E-state index in [-0.39, 0.29) is 22.3 Å². The minimum atomic E-state index is -3.86. The van der Waals surface area contributed by atoms with Crippen LogP contribution in [0.15, 0.2) is 15.4 Å². The van der Waals surface area contributed by atoms with Gasteiger partial charge in [-0.15, -0.1) is 0 Å². The lowest BCUT2D eigenvalue weighted by atomic mass is 10.1. The number of nitrogens with zero attached hydrogens (tertiary/aromatic N) is 1. The number of furan rings is 1. The lowest BCUT2D eigenvalue weighted by molar-refractivity contribution is 0.0756. The Morgan fingerprint density at radius 3 is 2.47 bits per heavy atom. The molecule has 0 unspecified atom stereocenters. The SMILES string of the molecule is Cc1oc(C(=O)N(C)CCC(C)C)cc1S(N)(=O)=O. The van der Waals surface area contributed by atoms with Crippen molar-refractivity contribution in [3.8, 4) is 0 Å². The normalized spacial score (nSPS) is 11.9. The summed E-state index contributed by atoms with van der Waals surface area (Å²) in [7, 11) is -2.21. The third-order valence-electron chi connectivity index (χ3n) is 2.78. The van der Waals surface area contributed by atoms with E-state index in [0.29, 0.717) is 12.5 Å². The van der Waals surface area contributed by atoms with E-state index in [2.05, 4.69) is 13.8 Å². The van der Waals surface area contributed by atoms with Crippen LogP contribution < -0.4 is 5.14 Å². The number of hydrogen-bond acceptors (Lipinski definition) is 4. The van der Waals surface area contributed by atoms with Crippen LogP contribution in [0.1, 0.15) is 36.6 Å². The summed E-state index contributed by atoms with van der Waals surface area (Å²) in [6.07, 6.45) is 0.865. The summed E-state index contributed by atoms with van der Waals surface area (Å²) >= 11 is 0. The zero-order valence-electron chi connectivity index (χ0n) is 11.6. The van der Waals surface area contributed by atoms with Gasteiger partial charge >= 0.3 is 0 Å². The predicted octanol–water partition coefficient (Wildman–Crippen LogP) is 1.35. The summed E-state index contributed by atoms with van der Waals surface area (Å²) in [6.45, 7) is 6.18. The molecule has 0 saturated carbocycles. The van der Waals surface area contributed by atoms with Gasteiger partial charge in [0, 0.05) is 19.7 Å². The Balaban J connectivity index is 2.90. The van der Waals surface area contributed by atoms with E-state index in [1.165, 1.54) is 17.9 Å². The van der Waals surface area contributed by atoms with Crippen LogP contribution in [0.5, 0.6) is 0 Å². The molecule has 6 nitrogen and oxygen atoms in total. The lowest BCUT2D eigenvalue weighted by Gasteiger charge is -2.16. The average molecular weight is 288 g/mol. The Labute approximate surface area is 113 Å². The Hall–Kier alpha value is -1.34. The van der Waals surface area contributed by atoms with Gasteiger partial charge in [-0.25, -0.2) is 13.6 Å². The molecule has 2 N–H and O–H groups in total. The quantitative estimate of drug-likeness (QED) is 0.885. The molecule has 0 atom stereocenters. The molecule has 0 spiro atoms. The van der Waals surface area contributed by atoms with Crippen molar-refractivity contribution in [3.05, 3.63) is 17.6 Å². The van der Waals surface area contributed by atoms with Crippen LogP contribution in [0.25, 0.3) is 0 Å². The first-order valence-corrected chi connectivity index (χ1v) is 7.56. The highest BCUT2D eigenvalue weighted by molar-refractivity contribution is 7.89. The molecule has 0 aliphatic heterocycles. The molecule has 0 saturated heterocycles. The average Bonchev–Trinajstić information content (AvgIpc) is 2.66. The van der Waals surface area contributed by atoms with Crippen LogP contribution in [-0.4, -0.2) is 32.8 Å². The zero-order chi connectivity index (χ0) is 14.8. The largest absolute Gasteiger partial charge is 0.455 e. The Morgan fingerprint density at radius 2 is 2.05 bits per heavy atom. The minimum absolute atomic E-state index is 0.00668. The Morgan fingerprint density at radius 1 is 1.47 bits per heavy atom. The summed E-state index contributed by atoms with van der Waals surface area (Å²) in [4.78, 5) is 13.4. The third-order valence-corrected chi connectivity index (χ3v) is 3.80. The van der Waals surface area contributed by atoms with Gasteiger partial charge in [-0.05, 0) is 19.3 Å². The summed E-state index contributed by atoms with van der Waals surface area (Å²) in [6, 6.07) is 1.18. The van der Waals surface area contributed by atoms with Crippen LogP contribution in [0.3, 0.4) is 0 Å². The molecule has 0 aliphatic carbocycles. The second-order valence-corrected chi connectivity index (χ2v) is 6.52. The Kier molecular flexibility index (Phi) is 4.75. The molecule has 0 aliphatic rings. The maximum absolute atomic E-state index is 12.0. The first-order chi connectivity index (χ1) is 8.62. The van der Waals surface area contributed by atoms with Crippen molar-refractivity contribution in [1.29, 1.82) is 0 Å². The van der Waals surface area contributed by atoms with Crippen LogP contribution in [0.4, 0.5) is 0 Å². The topological polar surface area (TPSA) is 93.6 Å². The number of aryl methyl sites for hydroxylation is 1. The highest BCUT2D eigenvalue weighted by Crippen LogP contribution is 2.19. The molecule has 19 heavy (non-hydrogen) atoms. The van der Waals surface area contributed by atoms with E-state index in [9.17, 15) is 13.2 Å². The molecule has 0 fully saturated rings. The molecule has 1 aromatic heterocycles. The van der Waals surface area contributed by atoms with Crippen molar-refractivity contribution in [1.82, 2.24) is 4.90 Å². The van der Waals surface area contributed by atoms with Gasteiger partial charge in [0.15, 0.2) is 5.76 Å². The van der Waals surface area contributed by atoms with Gasteiger partial charge in [-0.3, -0.25) is 4.79 Å². The standard InChI is InChI=1S/C12H20N2O4S/c1-8(2)5-6-14(4)12(15)10-7-11(9(3)18-10)19(13,16)17/h7-8H,5-6H2,1-4H3,(H2,13,16,17). The number of sulfonamides is 1. The highest BCUT2D eigenvalue weighted by Gasteiger charge is 2.22. The van der Waals surface area contributed by atoms with Gasteiger partial charge in [0.2, 0.25) is 10.0 Å². The van der Waals surface area contributed by atoms with Gasteiger partial charge < -0.3 is 9.32 Å². The summed E-state index contributed by atoms with van der Waals surface area (Å²) in [5.41, 5.74) is 0. The smallest absolute Gasteiger partial charge is 0.289 e. The third kappa shape index (κ3) is 4.07. The lowest BCUT2D eigenvalue weighted by Crippen LogP contribution is -2.28. The van der Waals surface area contributed by atoms with Gasteiger partial charge in [-0.1, -0.05) is 13.8 Å². The molecule has 108 valence electrons. The zero-order valence-corrected chi connectivity index (χ0v) is 12.5. The van der Waals surface area contributed by atoms with E-state index in [1.807, 2.05) is 0 Å². The van der Waals surface area contributed by atoms with Crippen LogP contribution >= 0.6 is 0 Å². The summed E-state index contributed by atoms with van der Waals surface area (Å²) in [5.74, 6) is 0.253. The van der Waals surface area contributed by atoms with E-state index in [0.717, 1.165) is 6.42 Å². The molecule has 7 heteroatoms. The second kappa shape index (κ2) is 5.75. The minimum Gasteiger partial charge on any atom is -0.455 e. The number of rotatable bonds is 5. The van der Waals surface area contributed by atoms with Crippen molar-refractivity contribution in [2.24, 2.45) is 11.1 Å². The van der Waals surface area contributed by atoms with Crippen molar-refractivity contribution in [2.75, 3.05) is 13.6 Å². The van der Waals surface area contributed by atoms with Gasteiger partial charge in [0.1, 0.15) is 10.7 Å². The van der Waals surface area contributed by atoms with Crippen molar-refractivity contribution in [3.63, 3.8) is 0 Å². The van der Waals surface area contributed by atoms with E-state index < -0.39 is 10.0 Å². The number of amides is 1. The van der Waals surface area contributed by atoms with Crippen molar-refractivity contribution < 1.29 is 17.6 Å². The first kappa shape index (κ1) is 15.7. The number of nitrogens with two attached hydrogens (primary N) is 1. The molecular weight excluding hydrogens is 268 g/mol. The van der Waals surface area contributed by atoms with Gasteiger partial charge in [0.25, 0.3) is 5.91 Å². The number of carbonyl (C=O) groups is 1. The molecular formula is C12H20N2O4S. The van der Waals surface area contributed by atoms with Crippen LogP contribution in [0.2, 0.25) is 0 Å². The fraction of sp³-hybridized carbons (Fsp3) is 0.583. The number of primary sulfonamides is 1. The molecule has 1 heterocycles. The number of carbonyl (C=O) groups excluding carboxylic acids is 1. The molecule has 0 bridgehead atoms. The van der Waals surface area contributed by atoms with Crippen LogP contribution in [0, 0.1) is 12.8 Å². The summed E-state index contributed by atoms with van der Waals surface area (Å²) < 4.78 is 27.7. The molecule has 0 aromatic carbocycles. The van der Waals surface area contributed by atoms with Crippen LogP contribution in [-0.2, 0) is 10.0 Å². The van der Waals surface area contributed by atoms with E-state index >= 15 is 0 Å². The molecule has 0 radical (unpaired) electrons. The maximum Gasteiger partial charge on any atom is 0.289 e. The Bertz CT molecular complexity index is 560. The molecule has 1 aromatic rings. The second-order valence-electron chi connectivity index (χ2n) is 4.99. The number of hydrogen-bond donors (Lipinski definition) is 1.